The fraction of sp³-hybridized carbons (Fsp3) is 0.167. The van der Waals surface area contributed by atoms with Gasteiger partial charge in [0.15, 0.2) is 0 Å². The predicted octanol–water partition coefficient (Wildman–Crippen LogP) is 3.43. The molecule has 1 aliphatic heterocycles. The van der Waals surface area contributed by atoms with Gasteiger partial charge in [-0.1, -0.05) is 48.5 Å². The fourth-order valence-electron chi connectivity index (χ4n) is 3.87. The molecule has 0 saturated carbocycles. The van der Waals surface area contributed by atoms with Crippen LogP contribution < -0.4 is 20.8 Å². The van der Waals surface area contributed by atoms with Crippen LogP contribution >= 0.6 is 0 Å². The van der Waals surface area contributed by atoms with Gasteiger partial charge >= 0.3 is 0 Å². The lowest BCUT2D eigenvalue weighted by atomic mass is 9.84. The highest BCUT2D eigenvalue weighted by Gasteiger charge is 2.34. The average molecular weight is 399 g/mol. The molecular formula is C24H21N3O3. The normalized spacial score (nSPS) is 15.2. The summed E-state index contributed by atoms with van der Waals surface area (Å²) in [6.45, 7) is 2.18. The molecule has 0 saturated heterocycles. The molecule has 2 heterocycles. The minimum atomic E-state index is -0.586. The van der Waals surface area contributed by atoms with E-state index in [9.17, 15) is 10.1 Å². The Morgan fingerprint density at radius 2 is 1.87 bits per heavy atom. The van der Waals surface area contributed by atoms with Crippen molar-refractivity contribution in [3.63, 3.8) is 0 Å². The summed E-state index contributed by atoms with van der Waals surface area (Å²) in [5, 5.41) is 9.74. The highest BCUT2D eigenvalue weighted by atomic mass is 16.5. The van der Waals surface area contributed by atoms with E-state index in [-0.39, 0.29) is 17.0 Å². The van der Waals surface area contributed by atoms with Gasteiger partial charge in [0.05, 0.1) is 25.1 Å². The Morgan fingerprint density at radius 1 is 1.17 bits per heavy atom. The number of methoxy groups -OCH3 is 1. The van der Waals surface area contributed by atoms with Crippen LogP contribution in [-0.4, -0.2) is 11.7 Å². The standard InChI is InChI=1S/C24H21N3O3/c1-15-12-20-22(24(28)27(15)14-17-10-6-7-11-19(17)29-2)21(16-8-4-3-5-9-16)18(13-25)23(26)30-20/h3-12,21H,14,26H2,1-2H3/t21-/m0/s1. The van der Waals surface area contributed by atoms with E-state index >= 15 is 0 Å². The van der Waals surface area contributed by atoms with Crippen molar-refractivity contribution in [1.29, 1.82) is 5.26 Å². The quantitative estimate of drug-likeness (QED) is 0.726. The first-order valence-electron chi connectivity index (χ1n) is 9.54. The van der Waals surface area contributed by atoms with Gasteiger partial charge < -0.3 is 19.8 Å². The second-order valence-electron chi connectivity index (χ2n) is 7.10. The van der Waals surface area contributed by atoms with E-state index in [1.54, 1.807) is 17.7 Å². The summed E-state index contributed by atoms with van der Waals surface area (Å²) < 4.78 is 12.8. The van der Waals surface area contributed by atoms with Gasteiger partial charge in [-0.05, 0) is 18.6 Å². The SMILES string of the molecule is COc1ccccc1Cn1c(C)cc2c(c1=O)[C@@H](c1ccccc1)C(C#N)=C(N)O2. The molecular weight excluding hydrogens is 378 g/mol. The van der Waals surface area contributed by atoms with Crippen molar-refractivity contribution < 1.29 is 9.47 Å². The summed E-state index contributed by atoms with van der Waals surface area (Å²) in [6, 6.07) is 20.9. The molecule has 0 spiro atoms. The van der Waals surface area contributed by atoms with Crippen LogP contribution in [0.1, 0.15) is 28.3 Å². The summed E-state index contributed by atoms with van der Waals surface area (Å²) in [6.07, 6.45) is 0. The number of nitrogens with zero attached hydrogens (tertiary/aromatic N) is 2. The van der Waals surface area contributed by atoms with E-state index in [1.807, 2.05) is 61.5 Å². The summed E-state index contributed by atoms with van der Waals surface area (Å²) in [5.74, 6) is 0.537. The van der Waals surface area contributed by atoms with E-state index in [0.717, 1.165) is 16.8 Å². The number of aryl methyl sites for hydroxylation is 1. The smallest absolute Gasteiger partial charge is 0.259 e. The maximum atomic E-state index is 13.7. The predicted molar refractivity (Wildman–Crippen MR) is 113 cm³/mol. The number of rotatable bonds is 4. The van der Waals surface area contributed by atoms with Gasteiger partial charge in [-0.2, -0.15) is 5.26 Å². The second kappa shape index (κ2) is 7.80. The van der Waals surface area contributed by atoms with Crippen molar-refractivity contribution in [2.75, 3.05) is 7.11 Å². The number of benzene rings is 2. The molecule has 0 unspecified atom stereocenters. The molecule has 6 nitrogen and oxygen atoms in total. The van der Waals surface area contributed by atoms with Crippen LogP contribution in [0, 0.1) is 18.3 Å². The minimum absolute atomic E-state index is 0.0279. The lowest BCUT2D eigenvalue weighted by Gasteiger charge is -2.27. The van der Waals surface area contributed by atoms with E-state index in [4.69, 9.17) is 15.2 Å². The lowest BCUT2D eigenvalue weighted by molar-refractivity contribution is 0.388. The van der Waals surface area contributed by atoms with E-state index in [1.165, 1.54) is 0 Å². The zero-order valence-electron chi connectivity index (χ0n) is 16.8. The van der Waals surface area contributed by atoms with E-state index in [2.05, 4.69) is 6.07 Å². The van der Waals surface area contributed by atoms with Gasteiger partial charge in [-0.25, -0.2) is 0 Å². The van der Waals surface area contributed by atoms with Crippen molar-refractivity contribution in [2.45, 2.75) is 19.4 Å². The summed E-state index contributed by atoms with van der Waals surface area (Å²) in [7, 11) is 1.60. The van der Waals surface area contributed by atoms with Crippen LogP contribution in [0.5, 0.6) is 11.5 Å². The van der Waals surface area contributed by atoms with Crippen LogP contribution in [-0.2, 0) is 6.54 Å². The van der Waals surface area contributed by atoms with E-state index in [0.29, 0.717) is 23.6 Å². The van der Waals surface area contributed by atoms with Crippen molar-refractivity contribution in [3.8, 4) is 17.6 Å². The number of aromatic nitrogens is 1. The Balaban J connectivity index is 1.92. The van der Waals surface area contributed by atoms with Gasteiger partial charge in [0.2, 0.25) is 5.88 Å². The average Bonchev–Trinajstić information content (AvgIpc) is 2.76. The van der Waals surface area contributed by atoms with Crippen molar-refractivity contribution in [1.82, 2.24) is 4.57 Å². The highest BCUT2D eigenvalue weighted by Crippen LogP contribution is 2.40. The Hall–Kier alpha value is -3.98. The first kappa shape index (κ1) is 19.3. The maximum absolute atomic E-state index is 13.7. The van der Waals surface area contributed by atoms with Gasteiger partial charge in [-0.15, -0.1) is 0 Å². The second-order valence-corrected chi connectivity index (χ2v) is 7.10. The molecule has 30 heavy (non-hydrogen) atoms. The monoisotopic (exact) mass is 399 g/mol. The molecule has 1 atom stereocenters. The molecule has 2 N–H and O–H groups in total. The molecule has 4 rings (SSSR count). The molecule has 0 radical (unpaired) electrons. The molecule has 1 aromatic heterocycles. The number of hydrogen-bond donors (Lipinski definition) is 1. The van der Waals surface area contributed by atoms with Gasteiger partial charge in [0, 0.05) is 17.3 Å². The first-order chi connectivity index (χ1) is 14.5. The zero-order valence-corrected chi connectivity index (χ0v) is 16.8. The number of hydrogen-bond acceptors (Lipinski definition) is 5. The Bertz CT molecular complexity index is 1240. The molecule has 3 aromatic rings. The van der Waals surface area contributed by atoms with Crippen LogP contribution in [0.15, 0.2) is 76.9 Å². The zero-order chi connectivity index (χ0) is 21.3. The summed E-state index contributed by atoms with van der Waals surface area (Å²) in [4.78, 5) is 13.7. The molecule has 150 valence electrons. The van der Waals surface area contributed by atoms with Gasteiger partial charge in [0.1, 0.15) is 23.1 Å². The summed E-state index contributed by atoms with van der Waals surface area (Å²) in [5.41, 5.74) is 8.89. The van der Waals surface area contributed by atoms with Gasteiger partial charge in [0.25, 0.3) is 5.56 Å². The van der Waals surface area contributed by atoms with Crippen LogP contribution in [0.25, 0.3) is 0 Å². The van der Waals surface area contributed by atoms with Crippen molar-refractivity contribution >= 4 is 0 Å². The van der Waals surface area contributed by atoms with Crippen LogP contribution in [0.4, 0.5) is 0 Å². The van der Waals surface area contributed by atoms with Crippen molar-refractivity contribution in [2.24, 2.45) is 5.73 Å². The Morgan fingerprint density at radius 3 is 2.57 bits per heavy atom. The molecule has 2 aromatic carbocycles. The van der Waals surface area contributed by atoms with Crippen LogP contribution in [0.2, 0.25) is 0 Å². The largest absolute Gasteiger partial charge is 0.496 e. The van der Waals surface area contributed by atoms with Gasteiger partial charge in [-0.3, -0.25) is 4.79 Å². The van der Waals surface area contributed by atoms with E-state index < -0.39 is 5.92 Å². The topological polar surface area (TPSA) is 90.3 Å². The highest BCUT2D eigenvalue weighted by molar-refractivity contribution is 5.55. The summed E-state index contributed by atoms with van der Waals surface area (Å²) >= 11 is 0. The van der Waals surface area contributed by atoms with Crippen LogP contribution in [0.3, 0.4) is 0 Å². The number of nitrogens with two attached hydrogens (primary N) is 1. The molecule has 0 fully saturated rings. The molecule has 6 heteroatoms. The third kappa shape index (κ3) is 3.20. The van der Waals surface area contributed by atoms with Crippen molar-refractivity contribution in [3.05, 3.63) is 105 Å². The molecule has 0 amide bonds. The number of para-hydroxylation sites is 1. The third-order valence-corrected chi connectivity index (χ3v) is 5.34. The fourth-order valence-corrected chi connectivity index (χ4v) is 3.87. The number of nitriles is 1. The minimum Gasteiger partial charge on any atom is -0.496 e. The number of ether oxygens (including phenoxy) is 2. The Kier molecular flexibility index (Phi) is 5.03. The molecule has 1 aliphatic rings. The maximum Gasteiger partial charge on any atom is 0.259 e. The Labute approximate surface area is 174 Å². The number of allylic oxidation sites excluding steroid dienone is 1. The molecule has 0 bridgehead atoms. The molecule has 0 aliphatic carbocycles. The number of fused-ring (bicyclic) bond motifs is 1. The lowest BCUT2D eigenvalue weighted by Crippen LogP contribution is -2.33. The first-order valence-corrected chi connectivity index (χ1v) is 9.54. The third-order valence-electron chi connectivity index (χ3n) is 5.34. The number of pyridine rings is 1.